The third-order valence-corrected chi connectivity index (χ3v) is 2.94. The Balaban J connectivity index is 1.73. The van der Waals surface area contributed by atoms with Crippen molar-refractivity contribution in [3.8, 4) is 0 Å². The minimum Gasteiger partial charge on any atom is -0.381 e. The summed E-state index contributed by atoms with van der Waals surface area (Å²) in [5, 5.41) is 7.87. The SMILES string of the molecule is Cc1nc(C)n(CCNC2CCOCC2)n1. The molecular weight excluding hydrogens is 204 g/mol. The Morgan fingerprint density at radius 1 is 1.38 bits per heavy atom. The monoisotopic (exact) mass is 224 g/mol. The van der Waals surface area contributed by atoms with E-state index in [0.29, 0.717) is 6.04 Å². The summed E-state index contributed by atoms with van der Waals surface area (Å²) in [5.41, 5.74) is 0. The zero-order chi connectivity index (χ0) is 11.4. The summed E-state index contributed by atoms with van der Waals surface area (Å²) in [6.07, 6.45) is 2.24. The smallest absolute Gasteiger partial charge is 0.147 e. The Bertz CT molecular complexity index is 331. The predicted molar refractivity (Wildman–Crippen MR) is 61.3 cm³/mol. The van der Waals surface area contributed by atoms with Crippen LogP contribution in [0.4, 0.5) is 0 Å². The quantitative estimate of drug-likeness (QED) is 0.816. The molecule has 1 saturated heterocycles. The number of hydrogen-bond donors (Lipinski definition) is 1. The van der Waals surface area contributed by atoms with E-state index in [2.05, 4.69) is 15.4 Å². The maximum absolute atomic E-state index is 5.32. The first-order chi connectivity index (χ1) is 7.75. The van der Waals surface area contributed by atoms with Gasteiger partial charge in [-0.25, -0.2) is 9.67 Å². The van der Waals surface area contributed by atoms with Gasteiger partial charge in [-0.1, -0.05) is 0 Å². The van der Waals surface area contributed by atoms with Crippen LogP contribution in [-0.2, 0) is 11.3 Å². The molecule has 0 aliphatic carbocycles. The van der Waals surface area contributed by atoms with Crippen LogP contribution in [0.3, 0.4) is 0 Å². The van der Waals surface area contributed by atoms with Gasteiger partial charge in [0.1, 0.15) is 11.6 Å². The van der Waals surface area contributed by atoms with Gasteiger partial charge in [-0.05, 0) is 26.7 Å². The lowest BCUT2D eigenvalue weighted by molar-refractivity contribution is 0.0778. The van der Waals surface area contributed by atoms with Gasteiger partial charge in [-0.3, -0.25) is 0 Å². The summed E-state index contributed by atoms with van der Waals surface area (Å²) in [4.78, 5) is 4.28. The van der Waals surface area contributed by atoms with Gasteiger partial charge in [-0.15, -0.1) is 0 Å². The molecule has 0 spiro atoms. The highest BCUT2D eigenvalue weighted by Crippen LogP contribution is 2.05. The molecule has 1 N–H and O–H groups in total. The van der Waals surface area contributed by atoms with Crippen LogP contribution in [0.15, 0.2) is 0 Å². The van der Waals surface area contributed by atoms with Crippen molar-refractivity contribution < 1.29 is 4.74 Å². The first kappa shape index (κ1) is 11.5. The summed E-state index contributed by atoms with van der Waals surface area (Å²) < 4.78 is 7.28. The van der Waals surface area contributed by atoms with E-state index in [9.17, 15) is 0 Å². The van der Waals surface area contributed by atoms with Crippen LogP contribution in [0.25, 0.3) is 0 Å². The van der Waals surface area contributed by atoms with Crippen LogP contribution in [0.2, 0.25) is 0 Å². The van der Waals surface area contributed by atoms with E-state index in [-0.39, 0.29) is 0 Å². The Kier molecular flexibility index (Phi) is 3.90. The second-order valence-corrected chi connectivity index (χ2v) is 4.27. The first-order valence-corrected chi connectivity index (χ1v) is 5.95. The lowest BCUT2D eigenvalue weighted by Crippen LogP contribution is -2.36. The Labute approximate surface area is 96.2 Å². The molecule has 0 radical (unpaired) electrons. The predicted octanol–water partition coefficient (Wildman–Crippen LogP) is 0.664. The van der Waals surface area contributed by atoms with E-state index in [4.69, 9.17) is 4.74 Å². The molecule has 5 heteroatoms. The number of ether oxygens (including phenoxy) is 1. The molecule has 16 heavy (non-hydrogen) atoms. The fraction of sp³-hybridized carbons (Fsp3) is 0.818. The second-order valence-electron chi connectivity index (χ2n) is 4.27. The molecule has 5 nitrogen and oxygen atoms in total. The van der Waals surface area contributed by atoms with E-state index in [1.54, 1.807) is 0 Å². The molecule has 1 aliphatic heterocycles. The highest BCUT2D eigenvalue weighted by atomic mass is 16.5. The molecule has 0 amide bonds. The first-order valence-electron chi connectivity index (χ1n) is 5.95. The number of rotatable bonds is 4. The Morgan fingerprint density at radius 3 is 2.75 bits per heavy atom. The van der Waals surface area contributed by atoms with Gasteiger partial charge in [0.2, 0.25) is 0 Å². The summed E-state index contributed by atoms with van der Waals surface area (Å²) in [6.45, 7) is 7.54. The van der Waals surface area contributed by atoms with Gasteiger partial charge in [0, 0.05) is 25.8 Å². The molecule has 0 aromatic carbocycles. The average Bonchev–Trinajstić information content (AvgIpc) is 2.59. The van der Waals surface area contributed by atoms with E-state index in [0.717, 1.165) is 50.8 Å². The molecule has 0 saturated carbocycles. The largest absolute Gasteiger partial charge is 0.381 e. The molecule has 90 valence electrons. The number of nitrogens with one attached hydrogen (secondary N) is 1. The summed E-state index contributed by atoms with van der Waals surface area (Å²) >= 11 is 0. The molecule has 2 heterocycles. The molecule has 0 atom stereocenters. The second kappa shape index (κ2) is 5.41. The van der Waals surface area contributed by atoms with Crippen molar-refractivity contribution in [3.63, 3.8) is 0 Å². The topological polar surface area (TPSA) is 52.0 Å². The third-order valence-electron chi connectivity index (χ3n) is 2.94. The molecule has 0 unspecified atom stereocenters. The molecule has 0 bridgehead atoms. The highest BCUT2D eigenvalue weighted by Gasteiger charge is 2.12. The van der Waals surface area contributed by atoms with Crippen molar-refractivity contribution in [1.82, 2.24) is 20.1 Å². The number of hydrogen-bond acceptors (Lipinski definition) is 4. The van der Waals surface area contributed by atoms with Crippen molar-refractivity contribution >= 4 is 0 Å². The lowest BCUT2D eigenvalue weighted by atomic mass is 10.1. The summed E-state index contributed by atoms with van der Waals surface area (Å²) in [6, 6.07) is 0.610. The normalized spacial score (nSPS) is 17.9. The lowest BCUT2D eigenvalue weighted by Gasteiger charge is -2.23. The van der Waals surface area contributed by atoms with Crippen LogP contribution < -0.4 is 5.32 Å². The fourth-order valence-corrected chi connectivity index (χ4v) is 2.05. The molecular formula is C11H20N4O. The minimum absolute atomic E-state index is 0.610. The van der Waals surface area contributed by atoms with E-state index in [1.807, 2.05) is 18.5 Å². The molecule has 1 aliphatic rings. The maximum Gasteiger partial charge on any atom is 0.147 e. The van der Waals surface area contributed by atoms with Crippen molar-refractivity contribution in [2.45, 2.75) is 39.3 Å². The Hall–Kier alpha value is -0.940. The molecule has 2 rings (SSSR count). The molecule has 1 aromatic rings. The van der Waals surface area contributed by atoms with Gasteiger partial charge in [0.15, 0.2) is 0 Å². The zero-order valence-corrected chi connectivity index (χ0v) is 10.1. The van der Waals surface area contributed by atoms with Gasteiger partial charge >= 0.3 is 0 Å². The van der Waals surface area contributed by atoms with Crippen molar-refractivity contribution in [3.05, 3.63) is 11.6 Å². The van der Waals surface area contributed by atoms with Crippen molar-refractivity contribution in [1.29, 1.82) is 0 Å². The van der Waals surface area contributed by atoms with E-state index < -0.39 is 0 Å². The molecule has 1 fully saturated rings. The highest BCUT2D eigenvalue weighted by molar-refractivity contribution is 4.87. The Morgan fingerprint density at radius 2 is 2.12 bits per heavy atom. The van der Waals surface area contributed by atoms with Crippen molar-refractivity contribution in [2.24, 2.45) is 0 Å². The third kappa shape index (κ3) is 3.02. The van der Waals surface area contributed by atoms with E-state index >= 15 is 0 Å². The summed E-state index contributed by atoms with van der Waals surface area (Å²) in [5.74, 6) is 1.84. The van der Waals surface area contributed by atoms with Crippen LogP contribution in [0, 0.1) is 13.8 Å². The van der Waals surface area contributed by atoms with Gasteiger partial charge in [0.25, 0.3) is 0 Å². The van der Waals surface area contributed by atoms with Crippen LogP contribution in [0.5, 0.6) is 0 Å². The maximum atomic E-state index is 5.32. The number of aromatic nitrogens is 3. The van der Waals surface area contributed by atoms with Crippen LogP contribution in [-0.4, -0.2) is 40.6 Å². The summed E-state index contributed by atoms with van der Waals surface area (Å²) in [7, 11) is 0. The fourth-order valence-electron chi connectivity index (χ4n) is 2.05. The average molecular weight is 224 g/mol. The van der Waals surface area contributed by atoms with Crippen molar-refractivity contribution in [2.75, 3.05) is 19.8 Å². The van der Waals surface area contributed by atoms with Gasteiger partial charge in [0.05, 0.1) is 6.54 Å². The van der Waals surface area contributed by atoms with Gasteiger partial charge < -0.3 is 10.1 Å². The van der Waals surface area contributed by atoms with E-state index in [1.165, 1.54) is 0 Å². The zero-order valence-electron chi connectivity index (χ0n) is 10.1. The standard InChI is InChI=1S/C11H20N4O/c1-9-13-10(2)15(14-9)6-5-12-11-3-7-16-8-4-11/h11-12H,3-8H2,1-2H3. The number of aryl methyl sites for hydroxylation is 2. The number of nitrogens with zero attached hydrogens (tertiary/aromatic N) is 3. The molecule has 1 aromatic heterocycles. The van der Waals surface area contributed by atoms with Crippen LogP contribution >= 0.6 is 0 Å². The van der Waals surface area contributed by atoms with Gasteiger partial charge in [-0.2, -0.15) is 5.10 Å². The van der Waals surface area contributed by atoms with Crippen LogP contribution in [0.1, 0.15) is 24.5 Å². The minimum atomic E-state index is 0.610.